The van der Waals surface area contributed by atoms with Crippen LogP contribution in [0.1, 0.15) is 56.8 Å². The number of hydrogen-bond donors (Lipinski definition) is 0. The molecule has 29 heavy (non-hydrogen) atoms. The first kappa shape index (κ1) is 20.3. The molecule has 1 atom stereocenters. The molecule has 4 rings (SSSR count). The molecule has 0 N–H and O–H groups in total. The van der Waals surface area contributed by atoms with Gasteiger partial charge in [0.25, 0.3) is 0 Å². The van der Waals surface area contributed by atoms with Crippen LogP contribution in [0.25, 0.3) is 0 Å². The van der Waals surface area contributed by atoms with Crippen LogP contribution < -0.4 is 4.90 Å². The minimum atomic E-state index is -0.231. The number of carbonyl (C=O) groups excluding carboxylic acids is 1. The Morgan fingerprint density at radius 2 is 1.97 bits per heavy atom. The number of piperazine rings is 1. The number of anilines is 1. The van der Waals surface area contributed by atoms with Crippen molar-refractivity contribution in [2.24, 2.45) is 5.92 Å². The van der Waals surface area contributed by atoms with Gasteiger partial charge in [-0.15, -0.1) is 0 Å². The molecule has 2 fully saturated rings. The van der Waals surface area contributed by atoms with E-state index in [9.17, 15) is 9.18 Å². The first-order valence-corrected chi connectivity index (χ1v) is 11.5. The van der Waals surface area contributed by atoms with Crippen molar-refractivity contribution in [1.29, 1.82) is 0 Å². The molecule has 1 aromatic carbocycles. The summed E-state index contributed by atoms with van der Waals surface area (Å²) >= 11 is 1.40. The van der Waals surface area contributed by atoms with Crippen LogP contribution in [0.2, 0.25) is 0 Å². The van der Waals surface area contributed by atoms with E-state index in [2.05, 4.69) is 21.2 Å². The lowest BCUT2D eigenvalue weighted by Crippen LogP contribution is -2.54. The predicted octanol–water partition coefficient (Wildman–Crippen LogP) is 4.28. The number of benzene rings is 1. The van der Waals surface area contributed by atoms with E-state index in [1.54, 1.807) is 12.1 Å². The number of nitrogens with zero attached hydrogens (tertiary/aromatic N) is 4. The first-order valence-electron chi connectivity index (χ1n) is 10.7. The summed E-state index contributed by atoms with van der Waals surface area (Å²) in [6.07, 6.45) is 7.61. The van der Waals surface area contributed by atoms with E-state index in [0.717, 1.165) is 48.5 Å². The van der Waals surface area contributed by atoms with Crippen LogP contribution in [0, 0.1) is 11.7 Å². The molecule has 0 unspecified atom stereocenters. The van der Waals surface area contributed by atoms with Gasteiger partial charge in [-0.1, -0.05) is 37.8 Å². The molecule has 0 spiro atoms. The Labute approximate surface area is 176 Å². The van der Waals surface area contributed by atoms with Gasteiger partial charge < -0.3 is 9.80 Å². The molecule has 2 aromatic rings. The third-order valence-corrected chi connectivity index (χ3v) is 7.01. The quantitative estimate of drug-likeness (QED) is 0.705. The van der Waals surface area contributed by atoms with Gasteiger partial charge in [0.2, 0.25) is 11.0 Å². The summed E-state index contributed by atoms with van der Waals surface area (Å²) in [7, 11) is 0. The van der Waals surface area contributed by atoms with Crippen LogP contribution in [0.5, 0.6) is 0 Å². The average Bonchev–Trinajstić information content (AvgIpc) is 3.40. The molecule has 1 amide bonds. The lowest BCUT2D eigenvalue weighted by molar-refractivity contribution is -0.133. The Balaban J connectivity index is 1.29. The zero-order valence-electron chi connectivity index (χ0n) is 17.0. The maximum absolute atomic E-state index is 13.1. The Kier molecular flexibility index (Phi) is 6.43. The normalized spacial score (nSPS) is 20.4. The van der Waals surface area contributed by atoms with Gasteiger partial charge in [-0.2, -0.15) is 4.37 Å². The SMILES string of the molecule is C[C@H]1CN(c2nc(Cc3ccc(F)cc3)ns2)CCN1C(=O)CCC1CCCC1. The van der Waals surface area contributed by atoms with Gasteiger partial charge in [-0.25, -0.2) is 9.37 Å². The zero-order chi connectivity index (χ0) is 20.2. The van der Waals surface area contributed by atoms with E-state index in [1.165, 1.54) is 49.3 Å². The van der Waals surface area contributed by atoms with E-state index >= 15 is 0 Å². The molecular weight excluding hydrogens is 387 g/mol. The summed E-state index contributed by atoms with van der Waals surface area (Å²) < 4.78 is 17.5. The molecule has 0 radical (unpaired) electrons. The van der Waals surface area contributed by atoms with Crippen LogP contribution in [-0.2, 0) is 11.2 Å². The van der Waals surface area contributed by atoms with Crippen LogP contribution in [0.3, 0.4) is 0 Å². The van der Waals surface area contributed by atoms with Crippen molar-refractivity contribution in [2.45, 2.75) is 57.9 Å². The summed E-state index contributed by atoms with van der Waals surface area (Å²) in [5, 5.41) is 0.909. The van der Waals surface area contributed by atoms with Crippen LogP contribution in [0.4, 0.5) is 9.52 Å². The third kappa shape index (κ3) is 5.13. The summed E-state index contributed by atoms with van der Waals surface area (Å²) in [4.78, 5) is 21.7. The molecule has 156 valence electrons. The van der Waals surface area contributed by atoms with E-state index < -0.39 is 0 Å². The minimum absolute atomic E-state index is 0.185. The molecule has 1 aliphatic heterocycles. The maximum atomic E-state index is 13.1. The van der Waals surface area contributed by atoms with Crippen molar-refractivity contribution < 1.29 is 9.18 Å². The smallest absolute Gasteiger partial charge is 0.222 e. The van der Waals surface area contributed by atoms with E-state index in [1.807, 2.05) is 4.90 Å². The van der Waals surface area contributed by atoms with Crippen molar-refractivity contribution in [3.63, 3.8) is 0 Å². The second-order valence-electron chi connectivity index (χ2n) is 8.37. The number of halogens is 1. The monoisotopic (exact) mass is 416 g/mol. The highest BCUT2D eigenvalue weighted by atomic mass is 32.1. The minimum Gasteiger partial charge on any atom is -0.343 e. The van der Waals surface area contributed by atoms with Gasteiger partial charge in [0, 0.05) is 50.1 Å². The fourth-order valence-corrected chi connectivity index (χ4v) is 5.22. The van der Waals surface area contributed by atoms with Gasteiger partial charge >= 0.3 is 0 Å². The van der Waals surface area contributed by atoms with E-state index in [-0.39, 0.29) is 11.9 Å². The number of aromatic nitrogens is 2. The predicted molar refractivity (Wildman–Crippen MR) is 114 cm³/mol. The fourth-order valence-electron chi connectivity index (χ4n) is 4.50. The lowest BCUT2D eigenvalue weighted by atomic mass is 10.0. The topological polar surface area (TPSA) is 49.3 Å². The average molecular weight is 417 g/mol. The van der Waals surface area contributed by atoms with Crippen molar-refractivity contribution in [3.8, 4) is 0 Å². The molecular formula is C22H29FN4OS. The van der Waals surface area contributed by atoms with Crippen molar-refractivity contribution in [1.82, 2.24) is 14.3 Å². The number of rotatable bonds is 6. The molecule has 1 aliphatic carbocycles. The highest BCUT2D eigenvalue weighted by molar-refractivity contribution is 7.09. The molecule has 7 heteroatoms. The van der Waals surface area contributed by atoms with Gasteiger partial charge in [0.1, 0.15) is 11.6 Å². The van der Waals surface area contributed by atoms with Gasteiger partial charge in [0.15, 0.2) is 0 Å². The summed E-state index contributed by atoms with van der Waals surface area (Å²) in [5.74, 6) is 1.60. The summed E-state index contributed by atoms with van der Waals surface area (Å²) in [6.45, 7) is 4.46. The van der Waals surface area contributed by atoms with Gasteiger partial charge in [-0.3, -0.25) is 4.79 Å². The largest absolute Gasteiger partial charge is 0.343 e. The second-order valence-corrected chi connectivity index (χ2v) is 9.10. The van der Waals surface area contributed by atoms with Crippen LogP contribution in [-0.4, -0.2) is 45.8 Å². The second kappa shape index (κ2) is 9.20. The van der Waals surface area contributed by atoms with Gasteiger partial charge in [-0.05, 0) is 37.0 Å². The van der Waals surface area contributed by atoms with E-state index in [4.69, 9.17) is 0 Å². The summed E-state index contributed by atoms with van der Waals surface area (Å²) in [6, 6.07) is 6.66. The highest BCUT2D eigenvalue weighted by Gasteiger charge is 2.29. The Bertz CT molecular complexity index is 818. The molecule has 2 heterocycles. The fraction of sp³-hybridized carbons (Fsp3) is 0.591. The number of amides is 1. The molecule has 1 saturated carbocycles. The highest BCUT2D eigenvalue weighted by Crippen LogP contribution is 2.29. The lowest BCUT2D eigenvalue weighted by Gasteiger charge is -2.39. The van der Waals surface area contributed by atoms with Crippen LogP contribution >= 0.6 is 11.5 Å². The zero-order valence-corrected chi connectivity index (χ0v) is 17.8. The first-order chi connectivity index (χ1) is 14.1. The third-order valence-electron chi connectivity index (χ3n) is 6.19. The van der Waals surface area contributed by atoms with Crippen molar-refractivity contribution in [3.05, 3.63) is 41.5 Å². The Morgan fingerprint density at radius 3 is 2.69 bits per heavy atom. The molecule has 0 bridgehead atoms. The van der Waals surface area contributed by atoms with Crippen molar-refractivity contribution in [2.75, 3.05) is 24.5 Å². The maximum Gasteiger partial charge on any atom is 0.222 e. The van der Waals surface area contributed by atoms with Gasteiger partial charge in [0.05, 0.1) is 0 Å². The number of carbonyl (C=O) groups is 1. The van der Waals surface area contributed by atoms with E-state index in [0.29, 0.717) is 18.7 Å². The molecule has 1 aromatic heterocycles. The standard InChI is InChI=1S/C22H29FN4OS/c1-16-15-26(12-13-27(16)21(28)11-8-17-4-2-3-5-17)22-24-20(25-29-22)14-18-6-9-19(23)10-7-18/h6-7,9-10,16-17H,2-5,8,11-15H2,1H3/t16-/m0/s1. The molecule has 5 nitrogen and oxygen atoms in total. The Morgan fingerprint density at radius 1 is 1.21 bits per heavy atom. The molecule has 2 aliphatic rings. The van der Waals surface area contributed by atoms with Crippen molar-refractivity contribution >= 4 is 22.6 Å². The Hall–Kier alpha value is -2.02. The van der Waals surface area contributed by atoms with Crippen LogP contribution in [0.15, 0.2) is 24.3 Å². The number of hydrogen-bond acceptors (Lipinski definition) is 5. The molecule has 1 saturated heterocycles. The summed E-state index contributed by atoms with van der Waals surface area (Å²) in [5.41, 5.74) is 1.00.